The maximum Gasteiger partial charge on any atom is 0.326 e. The second kappa shape index (κ2) is 7.99. The molecule has 1 aromatic heterocycles. The lowest BCUT2D eigenvalue weighted by molar-refractivity contribution is -0.143. The van der Waals surface area contributed by atoms with Crippen molar-refractivity contribution in [3.05, 3.63) is 59.4 Å². The van der Waals surface area contributed by atoms with Crippen molar-refractivity contribution in [3.63, 3.8) is 0 Å². The van der Waals surface area contributed by atoms with E-state index in [1.54, 1.807) is 24.4 Å². The highest BCUT2D eigenvalue weighted by molar-refractivity contribution is 5.96. The van der Waals surface area contributed by atoms with Crippen LogP contribution in [0.25, 0.3) is 0 Å². The van der Waals surface area contributed by atoms with E-state index in [0.29, 0.717) is 30.9 Å². The fourth-order valence-electron chi connectivity index (χ4n) is 3.10. The van der Waals surface area contributed by atoms with Gasteiger partial charge in [0.25, 0.3) is 5.91 Å². The van der Waals surface area contributed by atoms with Crippen LogP contribution in [0.15, 0.2) is 42.6 Å². The Hall–Kier alpha value is -2.89. The Labute approximate surface area is 152 Å². The number of piperidine rings is 1. The van der Waals surface area contributed by atoms with Crippen molar-refractivity contribution < 1.29 is 19.4 Å². The van der Waals surface area contributed by atoms with Crippen molar-refractivity contribution in [2.45, 2.75) is 38.8 Å². The van der Waals surface area contributed by atoms with Crippen LogP contribution in [0.2, 0.25) is 0 Å². The number of amides is 1. The highest BCUT2D eigenvalue weighted by Gasteiger charge is 2.32. The molecule has 1 aliphatic rings. The molecule has 0 bridgehead atoms. The molecule has 1 unspecified atom stereocenters. The molecule has 1 saturated heterocycles. The van der Waals surface area contributed by atoms with Crippen LogP contribution in [-0.2, 0) is 11.4 Å². The maximum atomic E-state index is 12.8. The zero-order valence-corrected chi connectivity index (χ0v) is 14.7. The summed E-state index contributed by atoms with van der Waals surface area (Å²) in [6, 6.07) is 10.1. The van der Waals surface area contributed by atoms with Crippen molar-refractivity contribution in [3.8, 4) is 5.75 Å². The molecule has 2 aromatic rings. The summed E-state index contributed by atoms with van der Waals surface area (Å²) in [5, 5.41) is 9.37. The molecule has 1 aliphatic heterocycles. The molecular formula is C20H22N2O4. The van der Waals surface area contributed by atoms with Gasteiger partial charge in [0.05, 0.1) is 6.20 Å². The lowest BCUT2D eigenvalue weighted by Crippen LogP contribution is -2.48. The Kier molecular flexibility index (Phi) is 5.51. The van der Waals surface area contributed by atoms with Gasteiger partial charge in [-0.1, -0.05) is 12.1 Å². The van der Waals surface area contributed by atoms with E-state index in [4.69, 9.17) is 4.74 Å². The number of benzene rings is 1. The Morgan fingerprint density at radius 1 is 1.27 bits per heavy atom. The third-order valence-corrected chi connectivity index (χ3v) is 4.51. The van der Waals surface area contributed by atoms with E-state index in [1.807, 2.05) is 25.1 Å². The molecule has 0 radical (unpaired) electrons. The minimum Gasteiger partial charge on any atom is -0.487 e. The Balaban J connectivity index is 1.70. The standard InChI is InChI=1S/C20H22N2O4/c1-14-8-9-17(12-21-14)26-13-15-5-4-6-16(11-15)19(23)22-10-3-2-7-18(22)20(24)25/h4-6,8-9,11-12,18H,2-3,7,10,13H2,1H3,(H,24,25). The normalized spacial score (nSPS) is 17.0. The van der Waals surface area contributed by atoms with Crippen molar-refractivity contribution in [1.29, 1.82) is 0 Å². The predicted octanol–water partition coefficient (Wildman–Crippen LogP) is 3.05. The number of aryl methyl sites for hydroxylation is 1. The molecule has 0 spiro atoms. The second-order valence-corrected chi connectivity index (χ2v) is 6.47. The third kappa shape index (κ3) is 4.20. The van der Waals surface area contributed by atoms with Crippen LogP contribution in [0.5, 0.6) is 5.75 Å². The van der Waals surface area contributed by atoms with E-state index in [0.717, 1.165) is 24.1 Å². The van der Waals surface area contributed by atoms with E-state index in [-0.39, 0.29) is 5.91 Å². The van der Waals surface area contributed by atoms with Gasteiger partial charge in [0.1, 0.15) is 18.4 Å². The minimum absolute atomic E-state index is 0.240. The number of ether oxygens (including phenoxy) is 1. The van der Waals surface area contributed by atoms with Crippen LogP contribution in [0.3, 0.4) is 0 Å². The van der Waals surface area contributed by atoms with Gasteiger partial charge in [-0.05, 0) is 56.0 Å². The van der Waals surface area contributed by atoms with Crippen molar-refractivity contribution in [1.82, 2.24) is 9.88 Å². The lowest BCUT2D eigenvalue weighted by atomic mass is 10.0. The molecule has 6 heteroatoms. The SMILES string of the molecule is Cc1ccc(OCc2cccc(C(=O)N3CCCCC3C(=O)O)c2)cn1. The average molecular weight is 354 g/mol. The van der Waals surface area contributed by atoms with Crippen LogP contribution in [0.4, 0.5) is 0 Å². The van der Waals surface area contributed by atoms with Crippen LogP contribution in [0.1, 0.15) is 40.9 Å². The summed E-state index contributed by atoms with van der Waals surface area (Å²) in [5.41, 5.74) is 2.25. The van der Waals surface area contributed by atoms with Gasteiger partial charge in [-0.15, -0.1) is 0 Å². The molecule has 1 aromatic carbocycles. The number of hydrogen-bond acceptors (Lipinski definition) is 4. The zero-order chi connectivity index (χ0) is 18.5. The zero-order valence-electron chi connectivity index (χ0n) is 14.7. The average Bonchev–Trinajstić information content (AvgIpc) is 2.67. The summed E-state index contributed by atoms with van der Waals surface area (Å²) in [4.78, 5) is 29.9. The van der Waals surface area contributed by atoms with E-state index < -0.39 is 12.0 Å². The van der Waals surface area contributed by atoms with Gasteiger partial charge < -0.3 is 14.7 Å². The Bertz CT molecular complexity index is 789. The summed E-state index contributed by atoms with van der Waals surface area (Å²) in [7, 11) is 0. The molecule has 1 atom stereocenters. The van der Waals surface area contributed by atoms with Crippen LogP contribution in [-0.4, -0.2) is 39.5 Å². The Morgan fingerprint density at radius 3 is 2.85 bits per heavy atom. The Morgan fingerprint density at radius 2 is 2.12 bits per heavy atom. The fourth-order valence-corrected chi connectivity index (χ4v) is 3.10. The molecule has 1 fully saturated rings. The van der Waals surface area contributed by atoms with Gasteiger partial charge in [-0.25, -0.2) is 4.79 Å². The molecule has 0 saturated carbocycles. The summed E-state index contributed by atoms with van der Waals surface area (Å²) < 4.78 is 5.71. The van der Waals surface area contributed by atoms with E-state index >= 15 is 0 Å². The number of carbonyl (C=O) groups excluding carboxylic acids is 1. The first-order chi connectivity index (χ1) is 12.5. The number of pyridine rings is 1. The largest absolute Gasteiger partial charge is 0.487 e. The van der Waals surface area contributed by atoms with Crippen LogP contribution in [0, 0.1) is 6.92 Å². The second-order valence-electron chi connectivity index (χ2n) is 6.47. The monoisotopic (exact) mass is 354 g/mol. The van der Waals surface area contributed by atoms with E-state index in [2.05, 4.69) is 4.98 Å². The molecule has 0 aliphatic carbocycles. The number of nitrogens with zero attached hydrogens (tertiary/aromatic N) is 2. The summed E-state index contributed by atoms with van der Waals surface area (Å²) in [6.07, 6.45) is 3.83. The highest BCUT2D eigenvalue weighted by Crippen LogP contribution is 2.21. The highest BCUT2D eigenvalue weighted by atomic mass is 16.5. The molecule has 136 valence electrons. The number of carboxylic acid groups (broad SMARTS) is 1. The van der Waals surface area contributed by atoms with Crippen molar-refractivity contribution in [2.24, 2.45) is 0 Å². The number of hydrogen-bond donors (Lipinski definition) is 1. The van der Waals surface area contributed by atoms with Gasteiger partial charge in [0.15, 0.2) is 0 Å². The van der Waals surface area contributed by atoms with Gasteiger partial charge in [0.2, 0.25) is 0 Å². The first-order valence-corrected chi connectivity index (χ1v) is 8.73. The number of aromatic nitrogens is 1. The molecule has 6 nitrogen and oxygen atoms in total. The molecule has 1 N–H and O–H groups in total. The van der Waals surface area contributed by atoms with Crippen LogP contribution >= 0.6 is 0 Å². The number of rotatable bonds is 5. The third-order valence-electron chi connectivity index (χ3n) is 4.51. The van der Waals surface area contributed by atoms with E-state index in [9.17, 15) is 14.7 Å². The van der Waals surface area contributed by atoms with Crippen molar-refractivity contribution >= 4 is 11.9 Å². The number of carboxylic acids is 1. The van der Waals surface area contributed by atoms with Crippen LogP contribution < -0.4 is 4.74 Å². The topological polar surface area (TPSA) is 79.7 Å². The summed E-state index contributed by atoms with van der Waals surface area (Å²) in [5.74, 6) is -0.519. The molecule has 2 heterocycles. The first kappa shape index (κ1) is 17.9. The molecule has 26 heavy (non-hydrogen) atoms. The smallest absolute Gasteiger partial charge is 0.326 e. The quantitative estimate of drug-likeness (QED) is 0.893. The van der Waals surface area contributed by atoms with Gasteiger partial charge in [-0.2, -0.15) is 0 Å². The first-order valence-electron chi connectivity index (χ1n) is 8.73. The predicted molar refractivity (Wildman–Crippen MR) is 96.1 cm³/mol. The summed E-state index contributed by atoms with van der Waals surface area (Å²) >= 11 is 0. The molecule has 3 rings (SSSR count). The number of carbonyl (C=O) groups is 2. The van der Waals surface area contributed by atoms with E-state index in [1.165, 1.54) is 4.90 Å². The lowest BCUT2D eigenvalue weighted by Gasteiger charge is -2.33. The number of aliphatic carboxylic acids is 1. The van der Waals surface area contributed by atoms with Crippen molar-refractivity contribution in [2.75, 3.05) is 6.54 Å². The molecular weight excluding hydrogens is 332 g/mol. The fraction of sp³-hybridized carbons (Fsp3) is 0.350. The minimum atomic E-state index is -0.940. The van der Waals surface area contributed by atoms with Gasteiger partial charge >= 0.3 is 5.97 Å². The van der Waals surface area contributed by atoms with Gasteiger partial charge in [-0.3, -0.25) is 9.78 Å². The molecule has 1 amide bonds. The number of likely N-dealkylation sites (tertiary alicyclic amines) is 1. The maximum absolute atomic E-state index is 12.8. The summed E-state index contributed by atoms with van der Waals surface area (Å²) in [6.45, 7) is 2.70. The van der Waals surface area contributed by atoms with Gasteiger partial charge in [0, 0.05) is 17.8 Å².